The molecule has 0 amide bonds. The second-order valence-electron chi connectivity index (χ2n) is 8.05. The molecule has 0 aromatic carbocycles. The predicted octanol–water partition coefficient (Wildman–Crippen LogP) is -2.08. The van der Waals surface area contributed by atoms with Gasteiger partial charge in [0.2, 0.25) is 0 Å². The van der Waals surface area contributed by atoms with E-state index in [4.69, 9.17) is 24.8 Å². The van der Waals surface area contributed by atoms with E-state index in [1.165, 1.54) is 15.7 Å². The molecule has 2 rings (SSSR count). The quantitative estimate of drug-likeness (QED) is 0.202. The van der Waals surface area contributed by atoms with Gasteiger partial charge in [-0.2, -0.15) is 0 Å². The molecule has 1 saturated heterocycles. The van der Waals surface area contributed by atoms with Crippen LogP contribution in [0.25, 0.3) is 0 Å². The molecule has 15 nitrogen and oxygen atoms in total. The lowest BCUT2D eigenvalue weighted by Gasteiger charge is -2.24. The molecule has 0 bridgehead atoms. The lowest BCUT2D eigenvalue weighted by atomic mass is 10.2. The van der Waals surface area contributed by atoms with Crippen LogP contribution < -0.4 is 11.2 Å². The number of aryl methyl sites for hydroxylation is 1. The van der Waals surface area contributed by atoms with Crippen molar-refractivity contribution in [1.29, 1.82) is 0 Å². The molecule has 15 heteroatoms. The first kappa shape index (κ1) is 27.7. The number of carboxylic acids is 3. The summed E-state index contributed by atoms with van der Waals surface area (Å²) in [5.74, 6) is -4.48. The van der Waals surface area contributed by atoms with Gasteiger partial charge >= 0.3 is 29.6 Å². The minimum absolute atomic E-state index is 0.0849. The van der Waals surface area contributed by atoms with Crippen molar-refractivity contribution in [2.75, 3.05) is 45.9 Å². The molecule has 1 aliphatic rings. The first-order valence-electron chi connectivity index (χ1n) is 10.7. The first-order valence-corrected chi connectivity index (χ1v) is 10.7. The SMILES string of the molecule is Cc1cn([C@H]2CC[C@@H](COC(=O)CN(CCN(CC(=O)O)CC(=O)O)CC(=O)O)O2)c(=O)[nH]c1=O. The van der Waals surface area contributed by atoms with Gasteiger partial charge in [0.05, 0.1) is 32.3 Å². The number of rotatable bonds is 14. The Bertz CT molecular complexity index is 1030. The topological polar surface area (TPSA) is 209 Å². The second kappa shape index (κ2) is 12.8. The number of esters is 1. The summed E-state index contributed by atoms with van der Waals surface area (Å²) >= 11 is 0. The number of hydrogen-bond acceptors (Lipinski definition) is 10. The molecule has 0 aliphatic carbocycles. The number of carbonyl (C=O) groups excluding carboxylic acids is 1. The van der Waals surface area contributed by atoms with E-state index in [1.807, 2.05) is 0 Å². The molecule has 4 N–H and O–H groups in total. The fourth-order valence-electron chi connectivity index (χ4n) is 3.51. The number of aromatic nitrogens is 2. The van der Waals surface area contributed by atoms with Crippen molar-refractivity contribution >= 4 is 23.9 Å². The molecule has 194 valence electrons. The summed E-state index contributed by atoms with van der Waals surface area (Å²) in [6, 6.07) is 0. The monoisotopic (exact) mass is 500 g/mol. The number of hydrogen-bond donors (Lipinski definition) is 4. The number of carboxylic acid groups (broad SMARTS) is 3. The minimum atomic E-state index is -1.25. The van der Waals surface area contributed by atoms with Gasteiger partial charge in [-0.1, -0.05) is 0 Å². The first-order chi connectivity index (χ1) is 16.4. The zero-order valence-corrected chi connectivity index (χ0v) is 19.0. The Kier molecular flexibility index (Phi) is 10.1. The van der Waals surface area contributed by atoms with Gasteiger partial charge in [-0.05, 0) is 19.8 Å². The Balaban J connectivity index is 1.87. The molecule has 1 aromatic heterocycles. The predicted molar refractivity (Wildman–Crippen MR) is 116 cm³/mol. The molecule has 1 aliphatic heterocycles. The Hall–Kier alpha value is -3.56. The number of carbonyl (C=O) groups is 4. The van der Waals surface area contributed by atoms with Crippen molar-refractivity contribution in [2.45, 2.75) is 32.1 Å². The standard InChI is InChI=1S/C20H28N4O11/c1-12-6-24(20(33)21-19(12)32)14-3-2-13(35-14)11-34-18(31)10-23(9-17(29)30)5-4-22(7-15(25)26)8-16(27)28/h6,13-14H,2-5,7-11H2,1H3,(H,25,26)(H,27,28)(H,29,30)(H,21,32,33)/t13-,14+/m0/s1. The smallest absolute Gasteiger partial charge is 0.330 e. The van der Waals surface area contributed by atoms with E-state index in [0.29, 0.717) is 18.4 Å². The maximum absolute atomic E-state index is 12.3. The molecule has 1 fully saturated rings. The van der Waals surface area contributed by atoms with Crippen LogP contribution >= 0.6 is 0 Å². The Morgan fingerprint density at radius 3 is 2.09 bits per heavy atom. The number of aromatic amines is 1. The van der Waals surface area contributed by atoms with E-state index in [1.54, 1.807) is 6.92 Å². The molecule has 0 spiro atoms. The number of ether oxygens (including phenoxy) is 2. The van der Waals surface area contributed by atoms with Crippen molar-refractivity contribution in [3.05, 3.63) is 32.6 Å². The Labute approximate surface area is 198 Å². The summed E-state index contributed by atoms with van der Waals surface area (Å²) in [6.45, 7) is -0.857. The van der Waals surface area contributed by atoms with Crippen LogP contribution in [0, 0.1) is 6.92 Å². The summed E-state index contributed by atoms with van der Waals surface area (Å²) < 4.78 is 12.2. The maximum Gasteiger partial charge on any atom is 0.330 e. The normalized spacial score (nSPS) is 17.6. The van der Waals surface area contributed by atoms with Crippen LogP contribution in [0.5, 0.6) is 0 Å². The summed E-state index contributed by atoms with van der Waals surface area (Å²) in [4.78, 5) is 73.2. The van der Waals surface area contributed by atoms with Gasteiger partial charge in [-0.3, -0.25) is 43.3 Å². The van der Waals surface area contributed by atoms with Crippen LogP contribution in [0.3, 0.4) is 0 Å². The molecular formula is C20H28N4O11. The van der Waals surface area contributed by atoms with Gasteiger partial charge in [0.15, 0.2) is 0 Å². The number of nitrogens with one attached hydrogen (secondary N) is 1. The molecule has 0 saturated carbocycles. The van der Waals surface area contributed by atoms with Gasteiger partial charge in [0, 0.05) is 24.8 Å². The molecule has 2 atom stereocenters. The summed E-state index contributed by atoms with van der Waals surface area (Å²) in [5.41, 5.74) is -0.769. The van der Waals surface area contributed by atoms with Crippen molar-refractivity contribution < 1.29 is 44.0 Å². The fraction of sp³-hybridized carbons (Fsp3) is 0.600. The third-order valence-electron chi connectivity index (χ3n) is 5.13. The zero-order chi connectivity index (χ0) is 26.1. The Morgan fingerprint density at radius 1 is 1.00 bits per heavy atom. The van der Waals surface area contributed by atoms with Crippen LogP contribution in [0.4, 0.5) is 0 Å². The van der Waals surface area contributed by atoms with Gasteiger partial charge in [-0.15, -0.1) is 0 Å². The summed E-state index contributed by atoms with van der Waals surface area (Å²) in [5, 5.41) is 26.9. The second-order valence-corrected chi connectivity index (χ2v) is 8.05. The van der Waals surface area contributed by atoms with Crippen LogP contribution in [0.15, 0.2) is 15.8 Å². The van der Waals surface area contributed by atoms with E-state index in [0.717, 1.165) is 4.90 Å². The van der Waals surface area contributed by atoms with E-state index >= 15 is 0 Å². The van der Waals surface area contributed by atoms with Gasteiger partial charge in [0.1, 0.15) is 12.8 Å². The van der Waals surface area contributed by atoms with Crippen LogP contribution in [-0.4, -0.2) is 111 Å². The van der Waals surface area contributed by atoms with Gasteiger partial charge in [-0.25, -0.2) is 4.79 Å². The van der Waals surface area contributed by atoms with Crippen molar-refractivity contribution in [2.24, 2.45) is 0 Å². The summed E-state index contributed by atoms with van der Waals surface area (Å²) in [7, 11) is 0. The molecule has 2 heterocycles. The number of H-pyrrole nitrogens is 1. The highest BCUT2D eigenvalue weighted by Crippen LogP contribution is 2.27. The van der Waals surface area contributed by atoms with E-state index in [-0.39, 0.29) is 19.7 Å². The molecule has 0 unspecified atom stereocenters. The number of nitrogens with zero attached hydrogens (tertiary/aromatic N) is 3. The lowest BCUT2D eigenvalue weighted by molar-refractivity contribution is -0.151. The highest BCUT2D eigenvalue weighted by Gasteiger charge is 2.29. The van der Waals surface area contributed by atoms with Gasteiger partial charge in [0.25, 0.3) is 5.56 Å². The van der Waals surface area contributed by atoms with Gasteiger partial charge < -0.3 is 24.8 Å². The molecule has 35 heavy (non-hydrogen) atoms. The van der Waals surface area contributed by atoms with Crippen LogP contribution in [-0.2, 0) is 28.7 Å². The molecule has 0 radical (unpaired) electrons. The fourth-order valence-corrected chi connectivity index (χ4v) is 3.51. The number of aliphatic carboxylic acids is 3. The van der Waals surface area contributed by atoms with Crippen molar-refractivity contribution in [3.63, 3.8) is 0 Å². The average Bonchev–Trinajstić information content (AvgIpc) is 3.20. The van der Waals surface area contributed by atoms with Crippen LogP contribution in [0.1, 0.15) is 24.6 Å². The Morgan fingerprint density at radius 2 is 1.54 bits per heavy atom. The minimum Gasteiger partial charge on any atom is -0.480 e. The lowest BCUT2D eigenvalue weighted by Crippen LogP contribution is -2.43. The third-order valence-corrected chi connectivity index (χ3v) is 5.13. The molecule has 1 aromatic rings. The van der Waals surface area contributed by atoms with E-state index < -0.39 is 73.6 Å². The van der Waals surface area contributed by atoms with Crippen molar-refractivity contribution in [1.82, 2.24) is 19.4 Å². The van der Waals surface area contributed by atoms with Crippen molar-refractivity contribution in [3.8, 4) is 0 Å². The largest absolute Gasteiger partial charge is 0.480 e. The molecular weight excluding hydrogens is 472 g/mol. The highest BCUT2D eigenvalue weighted by molar-refractivity contribution is 5.74. The highest BCUT2D eigenvalue weighted by atomic mass is 16.6. The third kappa shape index (κ3) is 9.30. The zero-order valence-electron chi connectivity index (χ0n) is 19.0. The maximum atomic E-state index is 12.3. The summed E-state index contributed by atoms with van der Waals surface area (Å²) in [6.07, 6.45) is 1.15. The van der Waals surface area contributed by atoms with E-state index in [9.17, 15) is 28.8 Å². The van der Waals surface area contributed by atoms with Crippen LogP contribution in [0.2, 0.25) is 0 Å². The van der Waals surface area contributed by atoms with E-state index in [2.05, 4.69) is 4.98 Å². The average molecular weight is 500 g/mol.